The van der Waals surface area contributed by atoms with Crippen LogP contribution < -0.4 is 10.6 Å². The Morgan fingerprint density at radius 2 is 2.00 bits per heavy atom. The zero-order chi connectivity index (χ0) is 16.9. The van der Waals surface area contributed by atoms with E-state index in [1.54, 1.807) is 6.33 Å². The monoisotopic (exact) mass is 385 g/mol. The van der Waals surface area contributed by atoms with Gasteiger partial charge in [-0.2, -0.15) is 0 Å². The van der Waals surface area contributed by atoms with E-state index in [2.05, 4.69) is 36.8 Å². The predicted molar refractivity (Wildman–Crippen MR) is 96.1 cm³/mol. The molecule has 3 aromatic rings. The summed E-state index contributed by atoms with van der Waals surface area (Å²) in [6.07, 6.45) is 1.63. The minimum Gasteiger partial charge on any atom is -0.331 e. The fourth-order valence-corrected chi connectivity index (χ4v) is 2.60. The summed E-state index contributed by atoms with van der Waals surface area (Å²) in [4.78, 5) is 12.1. The first-order chi connectivity index (χ1) is 11.6. The molecule has 0 fully saturated rings. The van der Waals surface area contributed by atoms with Gasteiger partial charge in [0.1, 0.15) is 6.33 Å². The van der Waals surface area contributed by atoms with E-state index in [0.29, 0.717) is 5.82 Å². The maximum Gasteiger partial charge on any atom is 0.319 e. The largest absolute Gasteiger partial charge is 0.331 e. The minimum absolute atomic E-state index is 0.272. The lowest BCUT2D eigenvalue weighted by Gasteiger charge is -2.11. The van der Waals surface area contributed by atoms with Crippen molar-refractivity contribution in [1.29, 1.82) is 0 Å². The van der Waals surface area contributed by atoms with Crippen LogP contribution in [0.15, 0.2) is 59.3 Å². The summed E-state index contributed by atoms with van der Waals surface area (Å²) in [6, 6.07) is 15.2. The molecule has 0 bridgehead atoms. The summed E-state index contributed by atoms with van der Waals surface area (Å²) < 4.78 is 2.75. The van der Waals surface area contributed by atoms with E-state index in [4.69, 9.17) is 0 Å². The molecule has 7 heteroatoms. The van der Waals surface area contributed by atoms with Crippen molar-refractivity contribution < 1.29 is 4.79 Å². The Morgan fingerprint density at radius 1 is 1.21 bits per heavy atom. The normalized spacial score (nSPS) is 10.4. The maximum absolute atomic E-state index is 12.1. The van der Waals surface area contributed by atoms with Gasteiger partial charge in [0.25, 0.3) is 0 Å². The highest BCUT2D eigenvalue weighted by Gasteiger charge is 2.09. The van der Waals surface area contributed by atoms with E-state index in [0.717, 1.165) is 21.4 Å². The summed E-state index contributed by atoms with van der Waals surface area (Å²) in [5.41, 5.74) is 2.69. The number of benzene rings is 2. The van der Waals surface area contributed by atoms with Crippen LogP contribution in [-0.2, 0) is 6.54 Å². The van der Waals surface area contributed by atoms with Crippen LogP contribution in [0.25, 0.3) is 5.69 Å². The fraction of sp³-hybridized carbons (Fsp3) is 0.118. The minimum atomic E-state index is -0.293. The van der Waals surface area contributed by atoms with E-state index in [-0.39, 0.29) is 12.6 Å². The molecule has 2 amide bonds. The first-order valence-electron chi connectivity index (χ1n) is 7.39. The van der Waals surface area contributed by atoms with Gasteiger partial charge in [-0.25, -0.2) is 4.79 Å². The molecular weight excluding hydrogens is 370 g/mol. The molecule has 3 rings (SSSR count). The number of carbonyl (C=O) groups excluding carboxylic acids is 1. The quantitative estimate of drug-likeness (QED) is 0.719. The van der Waals surface area contributed by atoms with Gasteiger partial charge in [0.05, 0.1) is 6.54 Å². The number of para-hydroxylation sites is 1. The van der Waals surface area contributed by atoms with E-state index < -0.39 is 0 Å². The first kappa shape index (κ1) is 16.2. The van der Waals surface area contributed by atoms with Crippen molar-refractivity contribution in [3.8, 4) is 5.69 Å². The number of halogens is 1. The number of urea groups is 1. The molecule has 0 radical (unpaired) electrons. The number of hydrogen-bond acceptors (Lipinski definition) is 3. The van der Waals surface area contributed by atoms with Crippen molar-refractivity contribution >= 4 is 27.6 Å². The Morgan fingerprint density at radius 3 is 2.79 bits per heavy atom. The van der Waals surface area contributed by atoms with E-state index in [1.807, 2.05) is 60.0 Å². The molecule has 24 heavy (non-hydrogen) atoms. The van der Waals surface area contributed by atoms with Crippen LogP contribution in [0.4, 0.5) is 10.5 Å². The number of aromatic nitrogens is 3. The molecule has 0 aliphatic rings. The second-order valence-corrected chi connectivity index (χ2v) is 6.14. The third-order valence-electron chi connectivity index (χ3n) is 3.51. The van der Waals surface area contributed by atoms with Gasteiger partial charge < -0.3 is 10.6 Å². The molecule has 0 spiro atoms. The van der Waals surface area contributed by atoms with Crippen LogP contribution >= 0.6 is 15.9 Å². The SMILES string of the molecule is Cc1ccc(Br)cc1NC(=O)NCc1nncn1-c1ccccc1. The highest BCUT2D eigenvalue weighted by molar-refractivity contribution is 9.10. The lowest BCUT2D eigenvalue weighted by molar-refractivity contribution is 0.251. The Labute approximate surface area is 148 Å². The fourth-order valence-electron chi connectivity index (χ4n) is 2.24. The van der Waals surface area contributed by atoms with Crippen LogP contribution in [0.3, 0.4) is 0 Å². The van der Waals surface area contributed by atoms with Gasteiger partial charge in [-0.1, -0.05) is 40.2 Å². The van der Waals surface area contributed by atoms with Gasteiger partial charge in [-0.05, 0) is 36.8 Å². The molecule has 0 unspecified atom stereocenters. The zero-order valence-corrected chi connectivity index (χ0v) is 14.6. The Kier molecular flexibility index (Phi) is 4.90. The molecule has 0 saturated heterocycles. The lowest BCUT2D eigenvalue weighted by Crippen LogP contribution is -2.29. The molecule has 1 heterocycles. The Hall–Kier alpha value is -2.67. The van der Waals surface area contributed by atoms with Crippen molar-refractivity contribution in [2.45, 2.75) is 13.5 Å². The highest BCUT2D eigenvalue weighted by atomic mass is 79.9. The number of hydrogen-bond donors (Lipinski definition) is 2. The third-order valence-corrected chi connectivity index (χ3v) is 4.00. The van der Waals surface area contributed by atoms with Gasteiger partial charge in [0, 0.05) is 15.8 Å². The third kappa shape index (κ3) is 3.80. The van der Waals surface area contributed by atoms with Gasteiger partial charge in [0.15, 0.2) is 5.82 Å². The summed E-state index contributed by atoms with van der Waals surface area (Å²) >= 11 is 3.40. The second-order valence-electron chi connectivity index (χ2n) is 5.22. The summed E-state index contributed by atoms with van der Waals surface area (Å²) in [5.74, 6) is 0.655. The van der Waals surface area contributed by atoms with Crippen molar-refractivity contribution in [2.24, 2.45) is 0 Å². The molecular formula is C17H16BrN5O. The molecule has 122 valence electrons. The van der Waals surface area contributed by atoms with Crippen LogP contribution in [0.2, 0.25) is 0 Å². The number of rotatable bonds is 4. The second kappa shape index (κ2) is 7.27. The van der Waals surface area contributed by atoms with Crippen LogP contribution in [-0.4, -0.2) is 20.8 Å². The molecule has 0 aliphatic heterocycles. The standard InChI is InChI=1S/C17H16BrN5O/c1-12-7-8-13(18)9-15(12)21-17(24)19-10-16-22-20-11-23(16)14-5-3-2-4-6-14/h2-9,11H,10H2,1H3,(H2,19,21,24). The van der Waals surface area contributed by atoms with E-state index in [9.17, 15) is 4.79 Å². The van der Waals surface area contributed by atoms with E-state index >= 15 is 0 Å². The number of aryl methyl sites for hydroxylation is 1. The number of nitrogens with one attached hydrogen (secondary N) is 2. The molecule has 2 N–H and O–H groups in total. The van der Waals surface area contributed by atoms with Gasteiger partial charge in [-0.15, -0.1) is 10.2 Å². The smallest absolute Gasteiger partial charge is 0.319 e. The molecule has 2 aromatic carbocycles. The lowest BCUT2D eigenvalue weighted by atomic mass is 10.2. The maximum atomic E-state index is 12.1. The van der Waals surface area contributed by atoms with Crippen LogP contribution in [0, 0.1) is 6.92 Å². The van der Waals surface area contributed by atoms with Gasteiger partial charge in [-0.3, -0.25) is 4.57 Å². The molecule has 1 aromatic heterocycles. The zero-order valence-electron chi connectivity index (χ0n) is 13.0. The molecule has 0 aliphatic carbocycles. The van der Waals surface area contributed by atoms with Crippen molar-refractivity contribution in [1.82, 2.24) is 20.1 Å². The number of anilines is 1. The Bertz CT molecular complexity index is 847. The number of amides is 2. The number of carbonyl (C=O) groups is 1. The molecule has 6 nitrogen and oxygen atoms in total. The van der Waals surface area contributed by atoms with Crippen molar-refractivity contribution in [3.05, 3.63) is 70.7 Å². The van der Waals surface area contributed by atoms with Crippen molar-refractivity contribution in [2.75, 3.05) is 5.32 Å². The summed E-state index contributed by atoms with van der Waals surface area (Å²) in [5, 5.41) is 13.6. The highest BCUT2D eigenvalue weighted by Crippen LogP contribution is 2.20. The summed E-state index contributed by atoms with van der Waals surface area (Å²) in [7, 11) is 0. The van der Waals surface area contributed by atoms with E-state index in [1.165, 1.54) is 0 Å². The first-order valence-corrected chi connectivity index (χ1v) is 8.18. The van der Waals surface area contributed by atoms with Crippen LogP contribution in [0.1, 0.15) is 11.4 Å². The topological polar surface area (TPSA) is 71.8 Å². The van der Waals surface area contributed by atoms with Crippen LogP contribution in [0.5, 0.6) is 0 Å². The average Bonchev–Trinajstić information content (AvgIpc) is 3.06. The Balaban J connectivity index is 1.65. The summed E-state index contributed by atoms with van der Waals surface area (Å²) in [6.45, 7) is 2.21. The number of nitrogens with zero attached hydrogens (tertiary/aromatic N) is 3. The predicted octanol–water partition coefficient (Wildman–Crippen LogP) is 3.66. The van der Waals surface area contributed by atoms with Gasteiger partial charge >= 0.3 is 6.03 Å². The average molecular weight is 386 g/mol. The van der Waals surface area contributed by atoms with Crippen molar-refractivity contribution in [3.63, 3.8) is 0 Å². The molecule has 0 atom stereocenters. The van der Waals surface area contributed by atoms with Gasteiger partial charge in [0.2, 0.25) is 0 Å². The molecule has 0 saturated carbocycles.